The van der Waals surface area contributed by atoms with Crippen molar-refractivity contribution >= 4 is 11.9 Å². The van der Waals surface area contributed by atoms with Gasteiger partial charge in [0.2, 0.25) is 0 Å². The molecule has 0 aromatic rings. The highest BCUT2D eigenvalue weighted by Gasteiger charge is 2.16. The first-order chi connectivity index (χ1) is 35.6. The third kappa shape index (κ3) is 60.7. The molecule has 72 heavy (non-hydrogen) atoms. The Morgan fingerprint density at radius 2 is 0.556 bits per heavy atom. The standard InChI is InChI=1S/C67H126O5/c1-3-5-7-9-11-13-15-17-19-21-23-25-27-29-31-32-33-34-36-38-40-42-44-46-48-50-52-54-56-58-60-62-67(70)72-65(63-68)64-71-66(69)61-59-57-55-53-51-49-47-45-43-41-39-37-35-30-28-26-24-22-20-18-16-14-12-10-8-6-4-2/h15,17,21-24,65,68H,3-14,16,18-20,25-64H2,1-2H3/b17-15-,23-21-,24-22-. The van der Waals surface area contributed by atoms with Gasteiger partial charge in [-0.05, 0) is 70.6 Å². The van der Waals surface area contributed by atoms with Gasteiger partial charge in [-0.3, -0.25) is 9.59 Å². The zero-order chi connectivity index (χ0) is 52.0. The average molecular weight is 1010 g/mol. The van der Waals surface area contributed by atoms with Crippen LogP contribution in [0.25, 0.3) is 0 Å². The van der Waals surface area contributed by atoms with Gasteiger partial charge in [0.05, 0.1) is 6.61 Å². The monoisotopic (exact) mass is 1010 g/mol. The number of ether oxygens (including phenoxy) is 2. The Balaban J connectivity index is 3.41. The second-order valence-electron chi connectivity index (χ2n) is 22.2. The first-order valence-corrected chi connectivity index (χ1v) is 32.5. The minimum Gasteiger partial charge on any atom is -0.462 e. The van der Waals surface area contributed by atoms with E-state index in [1.807, 2.05) is 0 Å². The van der Waals surface area contributed by atoms with Crippen LogP contribution in [0.5, 0.6) is 0 Å². The summed E-state index contributed by atoms with van der Waals surface area (Å²) in [7, 11) is 0. The predicted molar refractivity (Wildman–Crippen MR) is 316 cm³/mol. The van der Waals surface area contributed by atoms with Crippen LogP contribution in [0.1, 0.15) is 361 Å². The molecule has 0 aromatic carbocycles. The molecule has 0 aliphatic rings. The third-order valence-electron chi connectivity index (χ3n) is 14.9. The molecule has 424 valence electrons. The lowest BCUT2D eigenvalue weighted by molar-refractivity contribution is -0.161. The lowest BCUT2D eigenvalue weighted by Gasteiger charge is -2.15. The summed E-state index contributed by atoms with van der Waals surface area (Å²) in [5, 5.41) is 9.68. The van der Waals surface area contributed by atoms with Gasteiger partial charge < -0.3 is 14.6 Å². The highest BCUT2D eigenvalue weighted by molar-refractivity contribution is 5.70. The largest absolute Gasteiger partial charge is 0.462 e. The second-order valence-corrected chi connectivity index (χ2v) is 22.2. The van der Waals surface area contributed by atoms with Crippen molar-refractivity contribution in [2.24, 2.45) is 0 Å². The number of hydrogen-bond acceptors (Lipinski definition) is 5. The van der Waals surface area contributed by atoms with Gasteiger partial charge in [-0.25, -0.2) is 0 Å². The Bertz CT molecular complexity index is 1140. The number of hydrogen-bond donors (Lipinski definition) is 1. The Morgan fingerprint density at radius 3 is 0.833 bits per heavy atom. The summed E-state index contributed by atoms with van der Waals surface area (Å²) in [5.41, 5.74) is 0. The molecule has 0 spiro atoms. The van der Waals surface area contributed by atoms with E-state index in [9.17, 15) is 14.7 Å². The van der Waals surface area contributed by atoms with Gasteiger partial charge in [-0.1, -0.05) is 314 Å². The molecule has 5 heteroatoms. The highest BCUT2D eigenvalue weighted by atomic mass is 16.6. The molecule has 0 bridgehead atoms. The van der Waals surface area contributed by atoms with Crippen LogP contribution < -0.4 is 0 Å². The maximum Gasteiger partial charge on any atom is 0.306 e. The minimum atomic E-state index is -0.770. The van der Waals surface area contributed by atoms with E-state index in [0.29, 0.717) is 12.8 Å². The SMILES string of the molecule is CCCCCCC/C=C\C/C=C\CCCCCCCCCCCCCCCCCCCCCC(=O)OC(CO)COC(=O)CCCCCCCCCCCCCCCCC/C=C\CCCCCCCCCC. The van der Waals surface area contributed by atoms with Gasteiger partial charge in [-0.2, -0.15) is 0 Å². The van der Waals surface area contributed by atoms with Gasteiger partial charge in [0, 0.05) is 12.8 Å². The molecule has 0 aliphatic carbocycles. The van der Waals surface area contributed by atoms with E-state index < -0.39 is 6.10 Å². The molecule has 0 amide bonds. The molecule has 1 N–H and O–H groups in total. The molecule has 1 atom stereocenters. The Labute approximate surface area is 450 Å². The fourth-order valence-electron chi connectivity index (χ4n) is 10.00. The van der Waals surface area contributed by atoms with E-state index in [1.165, 1.54) is 289 Å². The zero-order valence-corrected chi connectivity index (χ0v) is 48.7. The molecule has 0 saturated heterocycles. The van der Waals surface area contributed by atoms with Crippen LogP contribution in [-0.2, 0) is 19.1 Å². The number of rotatable bonds is 61. The first-order valence-electron chi connectivity index (χ1n) is 32.5. The zero-order valence-electron chi connectivity index (χ0n) is 48.7. The summed E-state index contributed by atoms with van der Waals surface area (Å²) >= 11 is 0. The van der Waals surface area contributed by atoms with E-state index in [-0.39, 0.29) is 25.2 Å². The summed E-state index contributed by atoms with van der Waals surface area (Å²) in [6.07, 6.45) is 83.0. The maximum atomic E-state index is 12.3. The molecular formula is C67H126O5. The van der Waals surface area contributed by atoms with Crippen molar-refractivity contribution in [1.29, 1.82) is 0 Å². The van der Waals surface area contributed by atoms with Gasteiger partial charge in [-0.15, -0.1) is 0 Å². The second kappa shape index (κ2) is 63.4. The van der Waals surface area contributed by atoms with Crippen LogP contribution in [0.4, 0.5) is 0 Å². The van der Waals surface area contributed by atoms with Crippen molar-refractivity contribution in [3.63, 3.8) is 0 Å². The lowest BCUT2D eigenvalue weighted by Crippen LogP contribution is -2.28. The first kappa shape index (κ1) is 70.1. The van der Waals surface area contributed by atoms with Crippen LogP contribution in [0.3, 0.4) is 0 Å². The van der Waals surface area contributed by atoms with Crippen LogP contribution >= 0.6 is 0 Å². The summed E-state index contributed by atoms with van der Waals surface area (Å²) < 4.78 is 10.8. The van der Waals surface area contributed by atoms with Gasteiger partial charge in [0.15, 0.2) is 6.10 Å². The Kier molecular flexibility index (Phi) is 61.8. The van der Waals surface area contributed by atoms with E-state index in [2.05, 4.69) is 50.3 Å². The molecule has 0 saturated carbocycles. The fourth-order valence-corrected chi connectivity index (χ4v) is 10.00. The van der Waals surface area contributed by atoms with Crippen LogP contribution in [0.2, 0.25) is 0 Å². The van der Waals surface area contributed by atoms with E-state index >= 15 is 0 Å². The summed E-state index contributed by atoms with van der Waals surface area (Å²) in [4.78, 5) is 24.6. The number of unbranched alkanes of at least 4 members (excludes halogenated alkanes) is 47. The lowest BCUT2D eigenvalue weighted by atomic mass is 10.0. The number of carbonyl (C=O) groups is 2. The maximum absolute atomic E-state index is 12.3. The number of esters is 2. The Hall–Kier alpha value is -1.88. The average Bonchev–Trinajstić information content (AvgIpc) is 3.38. The predicted octanol–water partition coefficient (Wildman–Crippen LogP) is 22.2. The van der Waals surface area contributed by atoms with E-state index in [0.717, 1.165) is 44.9 Å². The topological polar surface area (TPSA) is 72.8 Å². The number of allylic oxidation sites excluding steroid dienone is 6. The molecular weight excluding hydrogens is 885 g/mol. The Morgan fingerprint density at radius 1 is 0.319 bits per heavy atom. The van der Waals surface area contributed by atoms with Crippen LogP contribution in [0.15, 0.2) is 36.5 Å². The summed E-state index contributed by atoms with van der Waals surface area (Å²) in [6.45, 7) is 4.19. The third-order valence-corrected chi connectivity index (χ3v) is 14.9. The van der Waals surface area contributed by atoms with Gasteiger partial charge >= 0.3 is 11.9 Å². The van der Waals surface area contributed by atoms with Crippen LogP contribution in [0, 0.1) is 0 Å². The molecule has 0 aromatic heterocycles. The summed E-state index contributed by atoms with van der Waals surface area (Å²) in [5.74, 6) is -0.569. The fraction of sp³-hybridized carbons (Fsp3) is 0.881. The van der Waals surface area contributed by atoms with Gasteiger partial charge in [0.1, 0.15) is 6.61 Å². The van der Waals surface area contributed by atoms with E-state index in [1.54, 1.807) is 0 Å². The number of aliphatic hydroxyl groups is 1. The van der Waals surface area contributed by atoms with Gasteiger partial charge in [0.25, 0.3) is 0 Å². The van der Waals surface area contributed by atoms with Crippen molar-refractivity contribution < 1.29 is 24.2 Å². The van der Waals surface area contributed by atoms with E-state index in [4.69, 9.17) is 9.47 Å². The highest BCUT2D eigenvalue weighted by Crippen LogP contribution is 2.18. The number of carbonyl (C=O) groups excluding carboxylic acids is 2. The molecule has 0 rings (SSSR count). The molecule has 0 heterocycles. The van der Waals surface area contributed by atoms with Crippen molar-refractivity contribution in [3.05, 3.63) is 36.5 Å². The molecule has 0 fully saturated rings. The smallest absolute Gasteiger partial charge is 0.306 e. The van der Waals surface area contributed by atoms with Crippen LogP contribution in [-0.4, -0.2) is 36.4 Å². The summed E-state index contributed by atoms with van der Waals surface area (Å²) in [6, 6.07) is 0. The normalized spacial score (nSPS) is 12.3. The van der Waals surface area contributed by atoms with Crippen molar-refractivity contribution in [3.8, 4) is 0 Å². The molecule has 5 nitrogen and oxygen atoms in total. The number of aliphatic hydroxyl groups excluding tert-OH is 1. The molecule has 0 radical (unpaired) electrons. The van der Waals surface area contributed by atoms with Crippen molar-refractivity contribution in [1.82, 2.24) is 0 Å². The molecule has 1 unspecified atom stereocenters. The van der Waals surface area contributed by atoms with Crippen molar-refractivity contribution in [2.75, 3.05) is 13.2 Å². The quantitative estimate of drug-likeness (QED) is 0.0373. The van der Waals surface area contributed by atoms with Crippen molar-refractivity contribution in [2.45, 2.75) is 367 Å². The minimum absolute atomic E-state index is 0.0601. The molecule has 0 aliphatic heterocycles.